The van der Waals surface area contributed by atoms with Crippen LogP contribution in [0.2, 0.25) is 0 Å². The molecule has 1 saturated heterocycles. The Balaban J connectivity index is 1.96. The molecule has 1 aliphatic rings. The monoisotopic (exact) mass is 323 g/mol. The summed E-state index contributed by atoms with van der Waals surface area (Å²) in [6.07, 6.45) is 3.79. The smallest absolute Gasteiger partial charge is 0.243 e. The summed E-state index contributed by atoms with van der Waals surface area (Å²) < 4.78 is 0. The minimum atomic E-state index is -0.323. The van der Waals surface area contributed by atoms with Gasteiger partial charge in [-0.25, -0.2) is 4.98 Å². The van der Waals surface area contributed by atoms with Crippen molar-refractivity contribution in [2.45, 2.75) is 64.5 Å². The van der Waals surface area contributed by atoms with Crippen molar-refractivity contribution in [3.63, 3.8) is 0 Å². The van der Waals surface area contributed by atoms with Crippen LogP contribution in [-0.2, 0) is 16.0 Å². The highest BCUT2D eigenvalue weighted by Gasteiger charge is 2.33. The number of amides is 2. The average molecular weight is 323 g/mol. The predicted octanol–water partition coefficient (Wildman–Crippen LogP) is 2.37. The van der Waals surface area contributed by atoms with Crippen LogP contribution in [0.1, 0.15) is 52.1 Å². The highest BCUT2D eigenvalue weighted by molar-refractivity contribution is 7.07. The molecule has 0 unspecified atom stereocenters. The molecule has 1 fully saturated rings. The lowest BCUT2D eigenvalue weighted by Crippen LogP contribution is -2.55. The van der Waals surface area contributed by atoms with Crippen LogP contribution in [0.15, 0.2) is 10.9 Å². The van der Waals surface area contributed by atoms with Gasteiger partial charge in [0.2, 0.25) is 11.8 Å². The molecular weight excluding hydrogens is 298 g/mol. The summed E-state index contributed by atoms with van der Waals surface area (Å²) >= 11 is 1.54. The van der Waals surface area contributed by atoms with E-state index in [1.54, 1.807) is 10.4 Å². The number of nitrogens with one attached hydrogen (secondary N) is 1. The number of rotatable bonds is 4. The van der Waals surface area contributed by atoms with Crippen molar-refractivity contribution in [1.82, 2.24) is 15.2 Å². The maximum absolute atomic E-state index is 12.5. The molecule has 0 aromatic carbocycles. The number of likely N-dealkylation sites (tertiary alicyclic amines) is 1. The van der Waals surface area contributed by atoms with Gasteiger partial charge in [0.25, 0.3) is 0 Å². The third kappa shape index (κ3) is 4.80. The molecule has 0 aliphatic carbocycles. The van der Waals surface area contributed by atoms with E-state index in [1.165, 1.54) is 11.3 Å². The predicted molar refractivity (Wildman–Crippen MR) is 87.7 cm³/mol. The van der Waals surface area contributed by atoms with E-state index in [0.717, 1.165) is 25.0 Å². The summed E-state index contributed by atoms with van der Waals surface area (Å²) in [5.74, 6) is 0.0240. The maximum atomic E-state index is 12.5. The van der Waals surface area contributed by atoms with Gasteiger partial charge in [-0.05, 0) is 46.5 Å². The molecule has 0 saturated carbocycles. The normalized spacial score (nSPS) is 19.0. The molecule has 2 amide bonds. The molecule has 0 radical (unpaired) electrons. The van der Waals surface area contributed by atoms with Crippen molar-refractivity contribution in [1.29, 1.82) is 0 Å². The first-order valence-corrected chi connectivity index (χ1v) is 8.80. The first kappa shape index (κ1) is 16.9. The number of hydrogen-bond acceptors (Lipinski definition) is 4. The second kappa shape index (κ2) is 7.22. The summed E-state index contributed by atoms with van der Waals surface area (Å²) in [4.78, 5) is 30.9. The van der Waals surface area contributed by atoms with Crippen LogP contribution in [0.4, 0.5) is 0 Å². The highest BCUT2D eigenvalue weighted by Crippen LogP contribution is 2.20. The van der Waals surface area contributed by atoms with Gasteiger partial charge in [0.1, 0.15) is 6.04 Å². The lowest BCUT2D eigenvalue weighted by Gasteiger charge is -2.36. The minimum absolute atomic E-state index is 0.0331. The van der Waals surface area contributed by atoms with E-state index >= 15 is 0 Å². The molecule has 122 valence electrons. The Kier molecular flexibility index (Phi) is 5.56. The number of piperidine rings is 1. The van der Waals surface area contributed by atoms with Crippen LogP contribution in [0, 0.1) is 0 Å². The first-order valence-electron chi connectivity index (χ1n) is 7.85. The Hall–Kier alpha value is -1.43. The number of aromatic nitrogens is 1. The Bertz CT molecular complexity index is 508. The van der Waals surface area contributed by atoms with E-state index < -0.39 is 0 Å². The summed E-state index contributed by atoms with van der Waals surface area (Å²) in [6.45, 7) is 6.56. The maximum Gasteiger partial charge on any atom is 0.243 e. The number of nitrogens with zero attached hydrogens (tertiary/aromatic N) is 2. The van der Waals surface area contributed by atoms with E-state index in [0.29, 0.717) is 19.4 Å². The minimum Gasteiger partial charge on any atom is -0.350 e. The molecule has 1 atom stereocenters. The summed E-state index contributed by atoms with van der Waals surface area (Å²) in [7, 11) is 0. The second-order valence-corrected chi connectivity index (χ2v) is 7.54. The fourth-order valence-electron chi connectivity index (χ4n) is 2.70. The van der Waals surface area contributed by atoms with Gasteiger partial charge in [-0.1, -0.05) is 0 Å². The molecule has 6 heteroatoms. The fourth-order valence-corrected chi connectivity index (χ4v) is 3.29. The zero-order valence-electron chi connectivity index (χ0n) is 13.6. The molecule has 0 spiro atoms. The van der Waals surface area contributed by atoms with Gasteiger partial charge in [0.15, 0.2) is 0 Å². The van der Waals surface area contributed by atoms with Crippen LogP contribution in [-0.4, -0.2) is 39.8 Å². The van der Waals surface area contributed by atoms with Gasteiger partial charge in [-0.15, -0.1) is 11.3 Å². The van der Waals surface area contributed by atoms with E-state index in [9.17, 15) is 9.59 Å². The summed E-state index contributed by atoms with van der Waals surface area (Å²) in [5.41, 5.74) is 2.45. The summed E-state index contributed by atoms with van der Waals surface area (Å²) in [6, 6.07) is -0.323. The molecule has 22 heavy (non-hydrogen) atoms. The lowest BCUT2D eigenvalue weighted by molar-refractivity contribution is -0.142. The number of hydrogen-bond donors (Lipinski definition) is 1. The molecular formula is C16H25N3O2S. The number of carbonyl (C=O) groups is 2. The van der Waals surface area contributed by atoms with Gasteiger partial charge < -0.3 is 10.2 Å². The molecule has 2 rings (SSSR count). The Labute approximate surface area is 136 Å². The topological polar surface area (TPSA) is 62.3 Å². The number of thiazole rings is 1. The Morgan fingerprint density at radius 3 is 2.82 bits per heavy atom. The lowest BCUT2D eigenvalue weighted by atomic mass is 9.99. The van der Waals surface area contributed by atoms with Crippen molar-refractivity contribution in [2.75, 3.05) is 6.54 Å². The largest absolute Gasteiger partial charge is 0.350 e. The van der Waals surface area contributed by atoms with Crippen molar-refractivity contribution < 1.29 is 9.59 Å². The first-order chi connectivity index (χ1) is 10.4. The Morgan fingerprint density at radius 1 is 1.41 bits per heavy atom. The molecule has 1 aromatic heterocycles. The zero-order valence-corrected chi connectivity index (χ0v) is 14.4. The molecule has 5 nitrogen and oxygen atoms in total. The van der Waals surface area contributed by atoms with Crippen molar-refractivity contribution in [3.8, 4) is 0 Å². The number of carbonyl (C=O) groups excluding carboxylic acids is 2. The van der Waals surface area contributed by atoms with Crippen LogP contribution in [0.5, 0.6) is 0 Å². The van der Waals surface area contributed by atoms with Gasteiger partial charge in [-0.2, -0.15) is 0 Å². The Morgan fingerprint density at radius 2 is 2.18 bits per heavy atom. The van der Waals surface area contributed by atoms with Crippen LogP contribution in [0.3, 0.4) is 0 Å². The molecule has 1 aliphatic heterocycles. The molecule has 1 N–H and O–H groups in total. The fraction of sp³-hybridized carbons (Fsp3) is 0.688. The van der Waals surface area contributed by atoms with Crippen LogP contribution in [0.25, 0.3) is 0 Å². The summed E-state index contributed by atoms with van der Waals surface area (Å²) in [5, 5.41) is 4.97. The van der Waals surface area contributed by atoms with Gasteiger partial charge in [0.05, 0.1) is 11.2 Å². The second-order valence-electron chi connectivity index (χ2n) is 6.82. The number of aryl methyl sites for hydroxylation is 1. The van der Waals surface area contributed by atoms with E-state index in [-0.39, 0.29) is 23.4 Å². The molecule has 2 heterocycles. The third-order valence-electron chi connectivity index (χ3n) is 3.70. The van der Waals surface area contributed by atoms with E-state index in [4.69, 9.17) is 0 Å². The molecule has 0 bridgehead atoms. The zero-order chi connectivity index (χ0) is 16.2. The molecule has 1 aromatic rings. The van der Waals surface area contributed by atoms with Gasteiger partial charge in [-0.3, -0.25) is 9.59 Å². The highest BCUT2D eigenvalue weighted by atomic mass is 32.1. The average Bonchev–Trinajstić information content (AvgIpc) is 2.96. The quantitative estimate of drug-likeness (QED) is 0.925. The van der Waals surface area contributed by atoms with Gasteiger partial charge >= 0.3 is 0 Å². The third-order valence-corrected chi connectivity index (χ3v) is 4.34. The van der Waals surface area contributed by atoms with Crippen molar-refractivity contribution in [3.05, 3.63) is 16.6 Å². The standard InChI is InChI=1S/C16H25N3O2S/c1-16(2,3)18-15(21)13-6-4-5-9-19(13)14(20)8-7-12-10-22-11-17-12/h10-11,13H,4-9H2,1-3H3,(H,18,21)/t13-/m0/s1. The van der Waals surface area contributed by atoms with E-state index in [2.05, 4.69) is 10.3 Å². The SMILES string of the molecule is CC(C)(C)NC(=O)[C@@H]1CCCCN1C(=O)CCc1cscn1. The van der Waals surface area contributed by atoms with Gasteiger partial charge in [0, 0.05) is 23.9 Å². The van der Waals surface area contributed by atoms with Crippen molar-refractivity contribution >= 4 is 23.2 Å². The van der Waals surface area contributed by atoms with Crippen LogP contribution < -0.4 is 5.32 Å². The van der Waals surface area contributed by atoms with Crippen LogP contribution >= 0.6 is 11.3 Å². The van der Waals surface area contributed by atoms with Crippen molar-refractivity contribution in [2.24, 2.45) is 0 Å². The van der Waals surface area contributed by atoms with E-state index in [1.807, 2.05) is 26.2 Å².